The molecule has 4 aromatic heterocycles. The number of fused-ring (bicyclic) bond motifs is 8. The van der Waals surface area contributed by atoms with Crippen molar-refractivity contribution >= 4 is 40.5 Å². The third kappa shape index (κ3) is 5.84. The number of pyridine rings is 4. The van der Waals surface area contributed by atoms with Gasteiger partial charge in [0.1, 0.15) is 34.1 Å². The minimum Gasteiger partial charge on any atom is -0.369 e. The number of nitrogens with one attached hydrogen (secondary N) is 4. The topological polar surface area (TPSA) is 221 Å². The maximum Gasteiger partial charge on any atom is 0.277 e. The van der Waals surface area contributed by atoms with Crippen LogP contribution in [-0.4, -0.2) is 43.4 Å². The molecule has 0 aromatic carbocycles. The van der Waals surface area contributed by atoms with Crippen molar-refractivity contribution in [1.29, 1.82) is 0 Å². The van der Waals surface area contributed by atoms with Gasteiger partial charge in [-0.05, 0) is 117 Å². The molecule has 15 nitrogen and oxygen atoms in total. The first-order valence-electron chi connectivity index (χ1n) is 20.1. The molecule has 2 saturated carbocycles. The van der Waals surface area contributed by atoms with Crippen molar-refractivity contribution in [3.8, 4) is 0 Å². The highest BCUT2D eigenvalue weighted by Gasteiger charge is 2.48. The molecule has 0 atom stereocenters. The molecule has 8 heterocycles. The van der Waals surface area contributed by atoms with Gasteiger partial charge in [-0.2, -0.15) is 0 Å². The number of carbonyl (C=O) groups excluding carboxylic acids is 3. The zero-order chi connectivity index (χ0) is 39.8. The standard InChI is InChI=1S/C21H23N5O3.C21H25N5O2/c1-11-14-7-12-10-23-13(9-16(22)27)8-15(12)24-17(14)20(29)26-18(11)19(28)25-21(26)5-3-2-4-6-21;1-12-15-9-13-11-23-14(5-8-22)10-16(13)24-17(15)20(28)26-18(12)19(27)25-21(26)6-3-2-4-7-21/h8,10,24H,2-7,9H2,1H3,(H2,22,27)(H,25,28);10-11,24H,2-9,22H2,1H3,(H,25,27). The van der Waals surface area contributed by atoms with E-state index in [4.69, 9.17) is 11.5 Å². The average Bonchev–Trinajstić information content (AvgIpc) is 3.64. The second-order valence-corrected chi connectivity index (χ2v) is 16.5. The quantitative estimate of drug-likeness (QED) is 0.153. The van der Waals surface area contributed by atoms with Gasteiger partial charge in [-0.15, -0.1) is 0 Å². The normalized spacial score (nSPS) is 18.6. The minimum absolute atomic E-state index is 0.0472. The zero-order valence-corrected chi connectivity index (χ0v) is 32.4. The fourth-order valence-corrected chi connectivity index (χ4v) is 10.1. The summed E-state index contributed by atoms with van der Waals surface area (Å²) in [7, 11) is 0. The molecular formula is C42H48N10O5. The third-order valence-corrected chi connectivity index (χ3v) is 12.9. The number of nitrogens with two attached hydrogens (primary N) is 2. The first-order chi connectivity index (χ1) is 27.4. The summed E-state index contributed by atoms with van der Waals surface area (Å²) in [4.78, 5) is 72.8. The van der Waals surface area contributed by atoms with Gasteiger partial charge in [0, 0.05) is 48.7 Å². The minimum atomic E-state index is -0.612. The van der Waals surface area contributed by atoms with Crippen LogP contribution >= 0.6 is 0 Å². The molecule has 4 aliphatic heterocycles. The molecule has 15 heteroatoms. The van der Waals surface area contributed by atoms with Crippen LogP contribution in [0.2, 0.25) is 0 Å². The van der Waals surface area contributed by atoms with Gasteiger partial charge in [0.15, 0.2) is 0 Å². The highest BCUT2D eigenvalue weighted by Crippen LogP contribution is 2.43. The molecule has 0 bridgehead atoms. The summed E-state index contributed by atoms with van der Waals surface area (Å²) >= 11 is 0. The average molecular weight is 773 g/mol. The summed E-state index contributed by atoms with van der Waals surface area (Å²) in [5.74, 6) is -0.738. The van der Waals surface area contributed by atoms with E-state index in [9.17, 15) is 24.0 Å². The van der Waals surface area contributed by atoms with E-state index in [-0.39, 0.29) is 29.4 Å². The predicted octanol–water partition coefficient (Wildman–Crippen LogP) is 3.65. The lowest BCUT2D eigenvalue weighted by Gasteiger charge is -2.36. The van der Waals surface area contributed by atoms with Crippen molar-refractivity contribution in [3.63, 3.8) is 0 Å². The van der Waals surface area contributed by atoms with Crippen molar-refractivity contribution in [2.45, 2.75) is 115 Å². The first kappa shape index (κ1) is 36.8. The van der Waals surface area contributed by atoms with E-state index in [1.807, 2.05) is 26.1 Å². The van der Waals surface area contributed by atoms with Crippen LogP contribution in [0.15, 0.2) is 34.1 Å². The summed E-state index contributed by atoms with van der Waals surface area (Å²) in [6, 6.07) is 3.76. The van der Waals surface area contributed by atoms with E-state index < -0.39 is 17.2 Å². The summed E-state index contributed by atoms with van der Waals surface area (Å²) < 4.78 is 3.45. The molecule has 3 amide bonds. The smallest absolute Gasteiger partial charge is 0.277 e. The Bertz CT molecular complexity index is 2530. The van der Waals surface area contributed by atoms with Gasteiger partial charge in [-0.3, -0.25) is 43.1 Å². The van der Waals surface area contributed by atoms with Crippen LogP contribution in [0.5, 0.6) is 0 Å². The number of anilines is 4. The molecule has 57 heavy (non-hydrogen) atoms. The van der Waals surface area contributed by atoms with Gasteiger partial charge in [-0.1, -0.05) is 12.8 Å². The van der Waals surface area contributed by atoms with E-state index in [1.54, 1.807) is 21.4 Å². The van der Waals surface area contributed by atoms with E-state index in [0.717, 1.165) is 115 Å². The maximum absolute atomic E-state index is 13.6. The van der Waals surface area contributed by atoms with Crippen LogP contribution in [0.1, 0.15) is 130 Å². The Morgan fingerprint density at radius 2 is 1.14 bits per heavy atom. The van der Waals surface area contributed by atoms with Crippen molar-refractivity contribution in [2.75, 3.05) is 17.2 Å². The van der Waals surface area contributed by atoms with E-state index in [1.165, 1.54) is 0 Å². The highest BCUT2D eigenvalue weighted by molar-refractivity contribution is 5.98. The molecule has 2 aliphatic carbocycles. The molecule has 2 spiro atoms. The molecular weight excluding hydrogens is 725 g/mol. The summed E-state index contributed by atoms with van der Waals surface area (Å²) in [6.07, 6.45) is 14.9. The number of amides is 3. The molecule has 2 fully saturated rings. The van der Waals surface area contributed by atoms with Crippen LogP contribution in [0.3, 0.4) is 0 Å². The van der Waals surface area contributed by atoms with Crippen molar-refractivity contribution < 1.29 is 14.4 Å². The Hall–Kier alpha value is -5.83. The number of rotatable bonds is 4. The fraction of sp³-hybridized carbons (Fsp3) is 0.452. The van der Waals surface area contributed by atoms with E-state index in [2.05, 4.69) is 31.2 Å². The van der Waals surface area contributed by atoms with E-state index in [0.29, 0.717) is 54.3 Å². The summed E-state index contributed by atoms with van der Waals surface area (Å²) in [5.41, 5.74) is 20.2. The lowest BCUT2D eigenvalue weighted by Crippen LogP contribution is -2.49. The number of hydrogen-bond donors (Lipinski definition) is 6. The first-order valence-corrected chi connectivity index (χ1v) is 20.1. The molecule has 10 rings (SSSR count). The lowest BCUT2D eigenvalue weighted by atomic mass is 9.88. The molecule has 4 aromatic rings. The van der Waals surface area contributed by atoms with Crippen molar-refractivity contribution in [3.05, 3.63) is 101 Å². The molecule has 296 valence electrons. The second kappa shape index (κ2) is 13.7. The fourth-order valence-electron chi connectivity index (χ4n) is 10.1. The monoisotopic (exact) mass is 772 g/mol. The molecule has 0 saturated heterocycles. The number of hydrogen-bond acceptors (Lipinski definition) is 10. The Labute approximate surface area is 329 Å². The second-order valence-electron chi connectivity index (χ2n) is 16.5. The van der Waals surface area contributed by atoms with Crippen LogP contribution in [0, 0.1) is 13.8 Å². The summed E-state index contributed by atoms with van der Waals surface area (Å²) in [6.45, 7) is 4.40. The lowest BCUT2D eigenvalue weighted by molar-refractivity contribution is -0.117. The molecule has 8 N–H and O–H groups in total. The molecule has 0 radical (unpaired) electrons. The summed E-state index contributed by atoms with van der Waals surface area (Å²) in [5, 5.41) is 12.9. The number of carbonyl (C=O) groups is 3. The van der Waals surface area contributed by atoms with Crippen molar-refractivity contribution in [2.24, 2.45) is 11.5 Å². The Morgan fingerprint density at radius 1 is 0.702 bits per heavy atom. The number of nitrogens with zero attached hydrogens (tertiary/aromatic N) is 4. The molecule has 0 unspecified atom stereocenters. The Morgan fingerprint density at radius 3 is 1.58 bits per heavy atom. The number of aromatic nitrogens is 4. The van der Waals surface area contributed by atoms with Gasteiger partial charge in [0.25, 0.3) is 22.9 Å². The van der Waals surface area contributed by atoms with Gasteiger partial charge in [0.05, 0.1) is 12.1 Å². The van der Waals surface area contributed by atoms with Crippen molar-refractivity contribution in [1.82, 2.24) is 29.7 Å². The number of primary amides is 1. The highest BCUT2D eigenvalue weighted by atomic mass is 16.2. The Kier molecular flexibility index (Phi) is 8.83. The Balaban J connectivity index is 0.000000148. The predicted molar refractivity (Wildman–Crippen MR) is 214 cm³/mol. The zero-order valence-electron chi connectivity index (χ0n) is 32.4. The van der Waals surface area contributed by atoms with Gasteiger partial charge in [-0.25, -0.2) is 0 Å². The van der Waals surface area contributed by atoms with Crippen LogP contribution in [0.4, 0.5) is 22.7 Å². The van der Waals surface area contributed by atoms with Gasteiger partial charge >= 0.3 is 0 Å². The van der Waals surface area contributed by atoms with Crippen LogP contribution in [-0.2, 0) is 41.8 Å². The molecule has 6 aliphatic rings. The third-order valence-electron chi connectivity index (χ3n) is 12.9. The van der Waals surface area contributed by atoms with Gasteiger partial charge < -0.3 is 32.7 Å². The maximum atomic E-state index is 13.6. The van der Waals surface area contributed by atoms with Crippen LogP contribution in [0.25, 0.3) is 0 Å². The van der Waals surface area contributed by atoms with Crippen LogP contribution < -0.4 is 43.9 Å². The van der Waals surface area contributed by atoms with Gasteiger partial charge in [0.2, 0.25) is 5.91 Å². The van der Waals surface area contributed by atoms with E-state index >= 15 is 0 Å². The SMILES string of the molecule is Cc1c2c(c(=O)n3c1C(=O)NC31CCCCC1)Nc1cc(CC(N)=O)ncc1C2.Cc1c2c(c(=O)n3c1C(=O)NC31CCCCC1)Nc1cc(CCN)ncc1C2. The largest absolute Gasteiger partial charge is 0.369 e.